The van der Waals surface area contributed by atoms with E-state index in [1.165, 1.54) is 5.56 Å². The topological polar surface area (TPSA) is 57.4 Å². The van der Waals surface area contributed by atoms with Gasteiger partial charge in [-0.1, -0.05) is 0 Å². The second-order valence-electron chi connectivity index (χ2n) is 4.78. The van der Waals surface area contributed by atoms with E-state index in [-0.39, 0.29) is 11.6 Å². The summed E-state index contributed by atoms with van der Waals surface area (Å²) in [5.74, 6) is 0. The van der Waals surface area contributed by atoms with Crippen LogP contribution in [0.25, 0.3) is 0 Å². The Morgan fingerprint density at radius 1 is 1.39 bits per heavy atom. The summed E-state index contributed by atoms with van der Waals surface area (Å²) < 4.78 is 11.4. The van der Waals surface area contributed by atoms with Crippen molar-refractivity contribution in [3.63, 3.8) is 0 Å². The predicted molar refractivity (Wildman–Crippen MR) is 70.3 cm³/mol. The van der Waals surface area contributed by atoms with Gasteiger partial charge >= 0.3 is 0 Å². The average molecular weight is 250 g/mol. The Morgan fingerprint density at radius 2 is 2.06 bits per heavy atom. The van der Waals surface area contributed by atoms with E-state index in [1.54, 1.807) is 12.4 Å². The van der Waals surface area contributed by atoms with E-state index in [0.717, 1.165) is 32.5 Å². The summed E-state index contributed by atoms with van der Waals surface area (Å²) in [5, 5.41) is 0. The van der Waals surface area contributed by atoms with Gasteiger partial charge in [-0.05, 0) is 31.0 Å². The second-order valence-corrected chi connectivity index (χ2v) is 4.78. The Hall–Kier alpha value is -0.970. The van der Waals surface area contributed by atoms with Crippen LogP contribution in [0.4, 0.5) is 0 Å². The SMILES string of the molecule is CCOC1(C(N)Cc2ccncc2)CCOCC1. The second kappa shape index (κ2) is 6.27. The first kappa shape index (κ1) is 13.5. The molecular weight excluding hydrogens is 228 g/mol. The van der Waals surface area contributed by atoms with Crippen molar-refractivity contribution >= 4 is 0 Å². The summed E-state index contributed by atoms with van der Waals surface area (Å²) in [5.41, 5.74) is 7.39. The van der Waals surface area contributed by atoms with Crippen molar-refractivity contribution in [1.29, 1.82) is 0 Å². The summed E-state index contributed by atoms with van der Waals surface area (Å²) in [6.07, 6.45) is 6.20. The van der Waals surface area contributed by atoms with Gasteiger partial charge in [0.25, 0.3) is 0 Å². The molecule has 1 saturated heterocycles. The molecular formula is C14H22N2O2. The van der Waals surface area contributed by atoms with Crippen LogP contribution in [0.2, 0.25) is 0 Å². The highest BCUT2D eigenvalue weighted by atomic mass is 16.5. The minimum atomic E-state index is -0.226. The van der Waals surface area contributed by atoms with Crippen LogP contribution in [0.5, 0.6) is 0 Å². The van der Waals surface area contributed by atoms with Gasteiger partial charge in [-0.15, -0.1) is 0 Å². The maximum Gasteiger partial charge on any atom is 0.0879 e. The van der Waals surface area contributed by atoms with Gasteiger partial charge in [-0.3, -0.25) is 4.98 Å². The van der Waals surface area contributed by atoms with E-state index >= 15 is 0 Å². The lowest BCUT2D eigenvalue weighted by Crippen LogP contribution is -2.54. The molecule has 1 aliphatic rings. The monoisotopic (exact) mass is 250 g/mol. The number of hydrogen-bond donors (Lipinski definition) is 1. The van der Waals surface area contributed by atoms with Crippen molar-refractivity contribution < 1.29 is 9.47 Å². The highest BCUT2D eigenvalue weighted by molar-refractivity contribution is 5.13. The normalized spacial score (nSPS) is 20.6. The number of ether oxygens (including phenoxy) is 2. The van der Waals surface area contributed by atoms with Crippen LogP contribution < -0.4 is 5.73 Å². The quantitative estimate of drug-likeness (QED) is 0.861. The van der Waals surface area contributed by atoms with Crippen LogP contribution in [0.1, 0.15) is 25.3 Å². The van der Waals surface area contributed by atoms with Crippen molar-refractivity contribution in [2.24, 2.45) is 5.73 Å². The zero-order valence-corrected chi connectivity index (χ0v) is 11.0. The van der Waals surface area contributed by atoms with Crippen molar-refractivity contribution in [3.05, 3.63) is 30.1 Å². The molecule has 4 nitrogen and oxygen atoms in total. The highest BCUT2D eigenvalue weighted by Gasteiger charge is 2.39. The van der Waals surface area contributed by atoms with Crippen LogP contribution in [-0.4, -0.2) is 36.4 Å². The molecule has 2 heterocycles. The van der Waals surface area contributed by atoms with Gasteiger partial charge in [0.1, 0.15) is 0 Å². The molecule has 0 bridgehead atoms. The molecule has 1 fully saturated rings. The number of aromatic nitrogens is 1. The summed E-state index contributed by atoms with van der Waals surface area (Å²) in [6.45, 7) is 4.20. The fraction of sp³-hybridized carbons (Fsp3) is 0.643. The molecule has 0 radical (unpaired) electrons. The lowest BCUT2D eigenvalue weighted by Gasteiger charge is -2.41. The molecule has 0 saturated carbocycles. The van der Waals surface area contributed by atoms with Crippen molar-refractivity contribution in [3.8, 4) is 0 Å². The molecule has 100 valence electrons. The van der Waals surface area contributed by atoms with Gasteiger partial charge in [-0.2, -0.15) is 0 Å². The van der Waals surface area contributed by atoms with Gasteiger partial charge in [0.05, 0.1) is 5.60 Å². The first-order valence-electron chi connectivity index (χ1n) is 6.63. The molecule has 0 spiro atoms. The fourth-order valence-electron chi connectivity index (χ4n) is 2.59. The fourth-order valence-corrected chi connectivity index (χ4v) is 2.59. The number of nitrogens with zero attached hydrogens (tertiary/aromatic N) is 1. The standard InChI is InChI=1S/C14H22N2O2/c1-2-18-14(5-9-17-10-6-14)13(15)11-12-3-7-16-8-4-12/h3-4,7-8,13H,2,5-6,9-11,15H2,1H3. The average Bonchev–Trinajstić information content (AvgIpc) is 2.41. The molecule has 1 aromatic heterocycles. The van der Waals surface area contributed by atoms with Crippen LogP contribution in [0.3, 0.4) is 0 Å². The van der Waals surface area contributed by atoms with E-state index in [2.05, 4.69) is 4.98 Å². The third-order valence-electron chi connectivity index (χ3n) is 3.65. The third-order valence-corrected chi connectivity index (χ3v) is 3.65. The minimum absolute atomic E-state index is 0.00347. The molecule has 4 heteroatoms. The van der Waals surface area contributed by atoms with Crippen molar-refractivity contribution in [1.82, 2.24) is 4.98 Å². The maximum atomic E-state index is 6.40. The maximum absolute atomic E-state index is 6.40. The number of nitrogens with two attached hydrogens (primary N) is 1. The summed E-state index contributed by atoms with van der Waals surface area (Å²) >= 11 is 0. The molecule has 2 N–H and O–H groups in total. The van der Waals surface area contributed by atoms with Gasteiger partial charge in [-0.25, -0.2) is 0 Å². The number of pyridine rings is 1. The lowest BCUT2D eigenvalue weighted by molar-refractivity contribution is -0.120. The first-order valence-corrected chi connectivity index (χ1v) is 6.63. The van der Waals surface area contributed by atoms with E-state index in [1.807, 2.05) is 19.1 Å². The third kappa shape index (κ3) is 3.07. The zero-order chi connectivity index (χ0) is 12.8. The van der Waals surface area contributed by atoms with Crippen LogP contribution in [0, 0.1) is 0 Å². The van der Waals surface area contributed by atoms with Crippen LogP contribution in [-0.2, 0) is 15.9 Å². The molecule has 0 aromatic carbocycles. The molecule has 2 rings (SSSR count). The molecule has 0 amide bonds. The molecule has 18 heavy (non-hydrogen) atoms. The Balaban J connectivity index is 2.05. The first-order chi connectivity index (χ1) is 8.77. The molecule has 1 unspecified atom stereocenters. The number of hydrogen-bond acceptors (Lipinski definition) is 4. The van der Waals surface area contributed by atoms with E-state index < -0.39 is 0 Å². The van der Waals surface area contributed by atoms with Crippen molar-refractivity contribution in [2.45, 2.75) is 37.8 Å². The molecule has 1 aliphatic heterocycles. The van der Waals surface area contributed by atoms with Gasteiger partial charge < -0.3 is 15.2 Å². The zero-order valence-electron chi connectivity index (χ0n) is 11.0. The van der Waals surface area contributed by atoms with Gasteiger partial charge in [0, 0.05) is 51.1 Å². The highest BCUT2D eigenvalue weighted by Crippen LogP contribution is 2.29. The van der Waals surface area contributed by atoms with E-state index in [0.29, 0.717) is 6.61 Å². The molecule has 1 atom stereocenters. The Kier molecular flexibility index (Phi) is 4.69. The largest absolute Gasteiger partial charge is 0.381 e. The summed E-state index contributed by atoms with van der Waals surface area (Å²) in [4.78, 5) is 4.03. The molecule has 0 aliphatic carbocycles. The lowest BCUT2D eigenvalue weighted by atomic mass is 9.83. The van der Waals surface area contributed by atoms with Crippen LogP contribution >= 0.6 is 0 Å². The molecule has 1 aromatic rings. The van der Waals surface area contributed by atoms with E-state index in [9.17, 15) is 0 Å². The number of rotatable bonds is 5. The minimum Gasteiger partial charge on any atom is -0.381 e. The Labute approximate surface area is 108 Å². The van der Waals surface area contributed by atoms with Crippen LogP contribution in [0.15, 0.2) is 24.5 Å². The van der Waals surface area contributed by atoms with Gasteiger partial charge in [0.15, 0.2) is 0 Å². The van der Waals surface area contributed by atoms with E-state index in [4.69, 9.17) is 15.2 Å². The predicted octanol–water partition coefficient (Wildman–Crippen LogP) is 1.54. The summed E-state index contributed by atoms with van der Waals surface area (Å²) in [6, 6.07) is 4.03. The summed E-state index contributed by atoms with van der Waals surface area (Å²) in [7, 11) is 0. The Bertz CT molecular complexity index is 345. The van der Waals surface area contributed by atoms with Crippen molar-refractivity contribution in [2.75, 3.05) is 19.8 Å². The Morgan fingerprint density at radius 3 is 2.67 bits per heavy atom. The van der Waals surface area contributed by atoms with Gasteiger partial charge in [0.2, 0.25) is 0 Å². The smallest absolute Gasteiger partial charge is 0.0879 e.